The highest BCUT2D eigenvalue weighted by Gasteiger charge is 2.40. The van der Waals surface area contributed by atoms with E-state index in [2.05, 4.69) is 37.9 Å². The second-order valence-corrected chi connectivity index (χ2v) is 7.01. The average Bonchev–Trinajstić information content (AvgIpc) is 2.40. The molecule has 0 aromatic carbocycles. The summed E-state index contributed by atoms with van der Waals surface area (Å²) in [6.07, 6.45) is 5.19. The Morgan fingerprint density at radius 1 is 1.32 bits per heavy atom. The zero-order valence-corrected chi connectivity index (χ0v) is 13.2. The quantitative estimate of drug-likeness (QED) is 0.848. The van der Waals surface area contributed by atoms with Gasteiger partial charge in [0, 0.05) is 24.7 Å². The molecule has 3 nitrogen and oxygen atoms in total. The number of hydrogen-bond donors (Lipinski definition) is 1. The third kappa shape index (κ3) is 3.71. The van der Waals surface area contributed by atoms with E-state index in [9.17, 15) is 0 Å². The Morgan fingerprint density at radius 2 is 2.11 bits per heavy atom. The van der Waals surface area contributed by atoms with Crippen molar-refractivity contribution in [1.29, 1.82) is 0 Å². The first-order chi connectivity index (χ1) is 9.07. The highest BCUT2D eigenvalue weighted by molar-refractivity contribution is 4.96. The van der Waals surface area contributed by atoms with E-state index in [1.165, 1.54) is 25.7 Å². The average molecular weight is 268 g/mol. The third-order valence-electron chi connectivity index (χ3n) is 4.99. The summed E-state index contributed by atoms with van der Waals surface area (Å²) in [5.41, 5.74) is 0.493. The van der Waals surface area contributed by atoms with Gasteiger partial charge in [-0.15, -0.1) is 0 Å². The zero-order valence-electron chi connectivity index (χ0n) is 13.2. The second kappa shape index (κ2) is 6.55. The van der Waals surface area contributed by atoms with Crippen molar-refractivity contribution in [3.8, 4) is 0 Å². The van der Waals surface area contributed by atoms with Gasteiger partial charge in [-0.25, -0.2) is 0 Å². The fourth-order valence-corrected chi connectivity index (χ4v) is 3.85. The number of likely N-dealkylation sites (N-methyl/N-ethyl adjacent to an activating group) is 1. The summed E-state index contributed by atoms with van der Waals surface area (Å²) in [7, 11) is 0. The van der Waals surface area contributed by atoms with E-state index in [4.69, 9.17) is 4.74 Å². The van der Waals surface area contributed by atoms with E-state index in [-0.39, 0.29) is 0 Å². The molecule has 0 amide bonds. The Hall–Kier alpha value is -0.120. The van der Waals surface area contributed by atoms with Gasteiger partial charge in [0.15, 0.2) is 0 Å². The molecule has 1 saturated heterocycles. The van der Waals surface area contributed by atoms with Crippen LogP contribution in [0.25, 0.3) is 0 Å². The molecule has 3 atom stereocenters. The minimum atomic E-state index is 0.493. The normalized spacial score (nSPS) is 36.3. The summed E-state index contributed by atoms with van der Waals surface area (Å²) < 4.78 is 5.68. The highest BCUT2D eigenvalue weighted by atomic mass is 16.5. The Balaban J connectivity index is 2.10. The smallest absolute Gasteiger partial charge is 0.0622 e. The monoisotopic (exact) mass is 268 g/mol. The van der Waals surface area contributed by atoms with Gasteiger partial charge in [0.2, 0.25) is 0 Å². The van der Waals surface area contributed by atoms with E-state index in [1.54, 1.807) is 0 Å². The Bertz CT molecular complexity index is 280. The molecule has 2 aliphatic rings. The summed E-state index contributed by atoms with van der Waals surface area (Å²) in [6.45, 7) is 13.4. The number of nitrogens with one attached hydrogen (secondary N) is 1. The topological polar surface area (TPSA) is 24.5 Å². The van der Waals surface area contributed by atoms with Gasteiger partial charge in [-0.1, -0.05) is 27.7 Å². The SMILES string of the molecule is CCNC1CCC(C)(C)CC1N1CCOCC1CC. The summed E-state index contributed by atoms with van der Waals surface area (Å²) in [6, 6.07) is 1.98. The molecular weight excluding hydrogens is 236 g/mol. The van der Waals surface area contributed by atoms with Gasteiger partial charge < -0.3 is 10.1 Å². The summed E-state index contributed by atoms with van der Waals surface area (Å²) >= 11 is 0. The molecule has 1 saturated carbocycles. The van der Waals surface area contributed by atoms with E-state index < -0.39 is 0 Å². The van der Waals surface area contributed by atoms with Crippen molar-refractivity contribution in [1.82, 2.24) is 10.2 Å². The maximum absolute atomic E-state index is 5.68. The lowest BCUT2D eigenvalue weighted by atomic mass is 9.72. The van der Waals surface area contributed by atoms with Crippen molar-refractivity contribution >= 4 is 0 Å². The van der Waals surface area contributed by atoms with Crippen molar-refractivity contribution in [3.05, 3.63) is 0 Å². The molecule has 19 heavy (non-hydrogen) atoms. The lowest BCUT2D eigenvalue weighted by molar-refractivity contribution is -0.0564. The highest BCUT2D eigenvalue weighted by Crippen LogP contribution is 2.38. The van der Waals surface area contributed by atoms with Gasteiger partial charge in [0.25, 0.3) is 0 Å². The summed E-state index contributed by atoms with van der Waals surface area (Å²) in [4.78, 5) is 2.75. The van der Waals surface area contributed by atoms with Gasteiger partial charge in [-0.3, -0.25) is 4.90 Å². The van der Waals surface area contributed by atoms with Crippen LogP contribution in [0.3, 0.4) is 0 Å². The standard InChI is InChI=1S/C16H32N2O/c1-5-13-12-19-10-9-18(13)15-11-16(3,4)8-7-14(15)17-6-2/h13-15,17H,5-12H2,1-4H3. The lowest BCUT2D eigenvalue weighted by Crippen LogP contribution is -2.60. The van der Waals surface area contributed by atoms with Crippen LogP contribution in [0.4, 0.5) is 0 Å². The molecule has 1 aliphatic heterocycles. The van der Waals surface area contributed by atoms with Crippen molar-refractivity contribution < 1.29 is 4.74 Å². The predicted octanol–water partition coefficient (Wildman–Crippen LogP) is 2.65. The van der Waals surface area contributed by atoms with Gasteiger partial charge in [0.1, 0.15) is 0 Å². The number of morpholine rings is 1. The Morgan fingerprint density at radius 3 is 2.79 bits per heavy atom. The molecule has 1 aliphatic carbocycles. The van der Waals surface area contributed by atoms with Crippen molar-refractivity contribution in [3.63, 3.8) is 0 Å². The number of nitrogens with zero attached hydrogens (tertiary/aromatic N) is 1. The molecule has 2 fully saturated rings. The van der Waals surface area contributed by atoms with Crippen LogP contribution in [-0.2, 0) is 4.74 Å². The van der Waals surface area contributed by atoms with Crippen LogP contribution in [0.15, 0.2) is 0 Å². The fourth-order valence-electron chi connectivity index (χ4n) is 3.85. The Labute approximate surface area is 119 Å². The molecule has 0 bridgehead atoms. The molecule has 0 spiro atoms. The van der Waals surface area contributed by atoms with Crippen LogP contribution >= 0.6 is 0 Å². The third-order valence-corrected chi connectivity index (χ3v) is 4.99. The van der Waals surface area contributed by atoms with Crippen molar-refractivity contribution in [2.75, 3.05) is 26.3 Å². The second-order valence-electron chi connectivity index (χ2n) is 7.01. The molecule has 3 unspecified atom stereocenters. The molecule has 3 heteroatoms. The van der Waals surface area contributed by atoms with E-state index >= 15 is 0 Å². The summed E-state index contributed by atoms with van der Waals surface area (Å²) in [5, 5.41) is 3.73. The Kier molecular flexibility index (Phi) is 5.27. The van der Waals surface area contributed by atoms with Gasteiger partial charge in [-0.2, -0.15) is 0 Å². The van der Waals surface area contributed by atoms with Crippen LogP contribution in [0.1, 0.15) is 53.4 Å². The maximum atomic E-state index is 5.68. The number of rotatable bonds is 4. The molecular formula is C16H32N2O. The molecule has 2 rings (SSSR count). The van der Waals surface area contributed by atoms with Crippen molar-refractivity contribution in [2.24, 2.45) is 5.41 Å². The lowest BCUT2D eigenvalue weighted by Gasteiger charge is -2.50. The van der Waals surface area contributed by atoms with Crippen molar-refractivity contribution in [2.45, 2.75) is 71.5 Å². The van der Waals surface area contributed by atoms with Gasteiger partial charge in [0.05, 0.1) is 13.2 Å². The van der Waals surface area contributed by atoms with Gasteiger partial charge >= 0.3 is 0 Å². The van der Waals surface area contributed by atoms with E-state index in [0.29, 0.717) is 23.5 Å². The zero-order chi connectivity index (χ0) is 13.9. The molecule has 0 radical (unpaired) electrons. The first kappa shape index (κ1) is 15.3. The van der Waals surface area contributed by atoms with Crippen LogP contribution in [-0.4, -0.2) is 49.3 Å². The molecule has 1 heterocycles. The van der Waals surface area contributed by atoms with Crippen LogP contribution in [0.5, 0.6) is 0 Å². The van der Waals surface area contributed by atoms with E-state index in [0.717, 1.165) is 26.3 Å². The molecule has 1 N–H and O–H groups in total. The van der Waals surface area contributed by atoms with Crippen LogP contribution in [0.2, 0.25) is 0 Å². The summed E-state index contributed by atoms with van der Waals surface area (Å²) in [5.74, 6) is 0. The maximum Gasteiger partial charge on any atom is 0.0622 e. The van der Waals surface area contributed by atoms with Crippen LogP contribution in [0, 0.1) is 5.41 Å². The van der Waals surface area contributed by atoms with Gasteiger partial charge in [-0.05, 0) is 37.6 Å². The minimum Gasteiger partial charge on any atom is -0.378 e. The molecule has 112 valence electrons. The number of hydrogen-bond acceptors (Lipinski definition) is 3. The molecule has 0 aromatic rings. The largest absolute Gasteiger partial charge is 0.378 e. The van der Waals surface area contributed by atoms with E-state index in [1.807, 2.05) is 0 Å². The fraction of sp³-hybridized carbons (Fsp3) is 1.00. The minimum absolute atomic E-state index is 0.493. The number of ether oxygens (including phenoxy) is 1. The first-order valence-corrected chi connectivity index (χ1v) is 8.14. The molecule has 0 aromatic heterocycles. The van der Waals surface area contributed by atoms with Crippen LogP contribution < -0.4 is 5.32 Å². The predicted molar refractivity (Wildman–Crippen MR) is 80.5 cm³/mol. The first-order valence-electron chi connectivity index (χ1n) is 8.14.